The molecule has 1 N–H and O–H groups in total. The van der Waals surface area contributed by atoms with Gasteiger partial charge in [-0.05, 0) is 43.9 Å². The minimum atomic E-state index is -3.82. The lowest BCUT2D eigenvalue weighted by molar-refractivity contribution is -0.145. The summed E-state index contributed by atoms with van der Waals surface area (Å²) in [6.07, 6.45) is 0.313. The number of esters is 1. The van der Waals surface area contributed by atoms with E-state index >= 15 is 0 Å². The first-order valence-electron chi connectivity index (χ1n) is 8.64. The third kappa shape index (κ3) is 5.41. The van der Waals surface area contributed by atoms with Gasteiger partial charge in [0.2, 0.25) is 10.0 Å². The molecule has 2 aromatic rings. The van der Waals surface area contributed by atoms with Crippen LogP contribution >= 0.6 is 0 Å². The lowest BCUT2D eigenvalue weighted by atomic mass is 9.94. The number of rotatable bonds is 8. The van der Waals surface area contributed by atoms with Crippen molar-refractivity contribution in [2.24, 2.45) is 0 Å². The molecular weight excluding hydrogens is 350 g/mol. The van der Waals surface area contributed by atoms with Crippen molar-refractivity contribution in [2.45, 2.75) is 44.0 Å². The monoisotopic (exact) mass is 375 g/mol. The highest BCUT2D eigenvalue weighted by atomic mass is 32.2. The van der Waals surface area contributed by atoms with Gasteiger partial charge >= 0.3 is 5.97 Å². The van der Waals surface area contributed by atoms with E-state index in [0.29, 0.717) is 6.42 Å². The summed E-state index contributed by atoms with van der Waals surface area (Å²) in [6.45, 7) is 5.74. The summed E-state index contributed by atoms with van der Waals surface area (Å²) < 4.78 is 32.9. The van der Waals surface area contributed by atoms with Crippen LogP contribution in [-0.2, 0) is 19.6 Å². The van der Waals surface area contributed by atoms with Crippen molar-refractivity contribution in [3.63, 3.8) is 0 Å². The van der Waals surface area contributed by atoms with Gasteiger partial charge in [-0.3, -0.25) is 4.79 Å². The van der Waals surface area contributed by atoms with Gasteiger partial charge in [0.25, 0.3) is 0 Å². The molecule has 0 radical (unpaired) electrons. The molecule has 0 aromatic heterocycles. The Kier molecular flexibility index (Phi) is 6.94. The number of hydrogen-bond acceptors (Lipinski definition) is 4. The molecule has 140 valence electrons. The summed E-state index contributed by atoms with van der Waals surface area (Å²) in [6, 6.07) is 15.2. The number of hydrogen-bond donors (Lipinski definition) is 1. The SMILES string of the molecule is CCOC(=O)[C@H](CC(C)c1ccccc1)NS(=O)(=O)c1ccc(C)cc1. The molecule has 0 aliphatic carbocycles. The van der Waals surface area contributed by atoms with Gasteiger partial charge in [-0.15, -0.1) is 0 Å². The van der Waals surface area contributed by atoms with E-state index in [0.717, 1.165) is 11.1 Å². The minimum Gasteiger partial charge on any atom is -0.465 e. The van der Waals surface area contributed by atoms with E-state index in [1.165, 1.54) is 12.1 Å². The maximum Gasteiger partial charge on any atom is 0.324 e. The van der Waals surface area contributed by atoms with Gasteiger partial charge in [-0.2, -0.15) is 4.72 Å². The van der Waals surface area contributed by atoms with E-state index in [4.69, 9.17) is 4.74 Å². The fraction of sp³-hybridized carbons (Fsp3) is 0.350. The molecule has 5 nitrogen and oxygen atoms in total. The van der Waals surface area contributed by atoms with Gasteiger partial charge in [0, 0.05) is 0 Å². The zero-order valence-electron chi connectivity index (χ0n) is 15.3. The van der Waals surface area contributed by atoms with Crippen molar-refractivity contribution < 1.29 is 17.9 Å². The summed E-state index contributed by atoms with van der Waals surface area (Å²) in [7, 11) is -3.82. The van der Waals surface area contributed by atoms with Crippen molar-refractivity contribution in [1.82, 2.24) is 4.72 Å². The fourth-order valence-electron chi connectivity index (χ4n) is 2.68. The van der Waals surface area contributed by atoms with E-state index in [2.05, 4.69) is 4.72 Å². The van der Waals surface area contributed by atoms with Crippen LogP contribution in [0.5, 0.6) is 0 Å². The van der Waals surface area contributed by atoms with Crippen LogP contribution in [0.2, 0.25) is 0 Å². The van der Waals surface area contributed by atoms with Crippen LogP contribution in [0.15, 0.2) is 59.5 Å². The Morgan fingerprint density at radius 1 is 1.08 bits per heavy atom. The zero-order valence-corrected chi connectivity index (χ0v) is 16.1. The molecule has 0 aliphatic heterocycles. The van der Waals surface area contributed by atoms with Gasteiger partial charge in [0.1, 0.15) is 6.04 Å². The van der Waals surface area contributed by atoms with Gasteiger partial charge < -0.3 is 4.74 Å². The predicted octanol–water partition coefficient (Wildman–Crippen LogP) is 3.40. The van der Waals surface area contributed by atoms with Gasteiger partial charge in [0.05, 0.1) is 11.5 Å². The van der Waals surface area contributed by atoms with E-state index in [1.54, 1.807) is 19.1 Å². The van der Waals surface area contributed by atoms with Gasteiger partial charge in [-0.25, -0.2) is 8.42 Å². The third-order valence-corrected chi connectivity index (χ3v) is 5.65. The molecule has 0 saturated carbocycles. The number of ether oxygens (including phenoxy) is 1. The van der Waals surface area contributed by atoms with Crippen molar-refractivity contribution in [3.05, 3.63) is 65.7 Å². The standard InChI is InChI=1S/C20H25NO4S/c1-4-25-20(22)19(14-16(3)17-8-6-5-7-9-17)21-26(23,24)18-12-10-15(2)11-13-18/h5-13,16,19,21H,4,14H2,1-3H3/t16?,19-/m0/s1. The topological polar surface area (TPSA) is 72.5 Å². The molecule has 26 heavy (non-hydrogen) atoms. The second kappa shape index (κ2) is 8.96. The minimum absolute atomic E-state index is 0.00803. The second-order valence-corrected chi connectivity index (χ2v) is 8.00. The average Bonchev–Trinajstić information content (AvgIpc) is 2.62. The lowest BCUT2D eigenvalue weighted by Gasteiger charge is -2.21. The molecular formula is C20H25NO4S. The summed E-state index contributed by atoms with van der Waals surface area (Å²) in [4.78, 5) is 12.5. The van der Waals surface area contributed by atoms with Crippen molar-refractivity contribution in [1.29, 1.82) is 0 Å². The Labute approximate surface area is 155 Å². The fourth-order valence-corrected chi connectivity index (χ4v) is 3.88. The van der Waals surface area contributed by atoms with Crippen LogP contribution < -0.4 is 4.72 Å². The molecule has 0 aliphatic rings. The molecule has 0 fully saturated rings. The number of carbonyl (C=O) groups excluding carboxylic acids is 1. The maximum absolute atomic E-state index is 12.7. The number of carbonyl (C=O) groups is 1. The van der Waals surface area contributed by atoms with Crippen molar-refractivity contribution >= 4 is 16.0 Å². The Balaban J connectivity index is 2.21. The highest BCUT2D eigenvalue weighted by Crippen LogP contribution is 2.22. The summed E-state index contributed by atoms with van der Waals surface area (Å²) >= 11 is 0. The van der Waals surface area contributed by atoms with Crippen LogP contribution in [0.4, 0.5) is 0 Å². The number of sulfonamides is 1. The predicted molar refractivity (Wildman–Crippen MR) is 101 cm³/mol. The zero-order chi connectivity index (χ0) is 19.2. The Bertz CT molecular complexity index is 817. The Hall–Kier alpha value is -2.18. The number of aryl methyl sites for hydroxylation is 1. The molecule has 1 unspecified atom stereocenters. The van der Waals surface area contributed by atoms with Gasteiger partial charge in [0.15, 0.2) is 0 Å². The van der Waals surface area contributed by atoms with E-state index < -0.39 is 22.0 Å². The summed E-state index contributed by atoms with van der Waals surface area (Å²) in [5, 5.41) is 0. The molecule has 0 amide bonds. The number of nitrogens with one attached hydrogen (secondary N) is 1. The molecule has 0 heterocycles. The van der Waals surface area contributed by atoms with Crippen molar-refractivity contribution in [2.75, 3.05) is 6.61 Å². The van der Waals surface area contributed by atoms with E-state index in [9.17, 15) is 13.2 Å². The van der Waals surface area contributed by atoms with Gasteiger partial charge in [-0.1, -0.05) is 55.0 Å². The Morgan fingerprint density at radius 2 is 1.69 bits per heavy atom. The van der Waals surface area contributed by atoms with Crippen molar-refractivity contribution in [3.8, 4) is 0 Å². The molecule has 0 saturated heterocycles. The molecule has 2 atom stereocenters. The van der Waals surface area contributed by atoms with Crippen LogP contribution in [-0.4, -0.2) is 27.0 Å². The largest absolute Gasteiger partial charge is 0.465 e. The highest BCUT2D eigenvalue weighted by Gasteiger charge is 2.28. The quantitative estimate of drug-likeness (QED) is 0.718. The average molecular weight is 375 g/mol. The maximum atomic E-state index is 12.7. The third-order valence-electron chi connectivity index (χ3n) is 4.16. The van der Waals surface area contributed by atoms with Crippen LogP contribution in [0.3, 0.4) is 0 Å². The molecule has 0 spiro atoms. The van der Waals surface area contributed by atoms with Crippen LogP contribution in [0, 0.1) is 6.92 Å². The molecule has 6 heteroatoms. The summed E-state index contributed by atoms with van der Waals surface area (Å²) in [5.74, 6) is -0.572. The molecule has 2 aromatic carbocycles. The smallest absolute Gasteiger partial charge is 0.324 e. The molecule has 2 rings (SSSR count). The molecule has 0 bridgehead atoms. The summed E-state index contributed by atoms with van der Waals surface area (Å²) in [5.41, 5.74) is 2.00. The normalized spacial score (nSPS) is 13.8. The first-order chi connectivity index (χ1) is 12.3. The van der Waals surface area contributed by atoms with E-state index in [-0.39, 0.29) is 17.4 Å². The highest BCUT2D eigenvalue weighted by molar-refractivity contribution is 7.89. The number of benzene rings is 2. The second-order valence-electron chi connectivity index (χ2n) is 6.29. The lowest BCUT2D eigenvalue weighted by Crippen LogP contribution is -2.42. The Morgan fingerprint density at radius 3 is 2.27 bits per heavy atom. The van der Waals surface area contributed by atoms with E-state index in [1.807, 2.05) is 44.2 Å². The van der Waals surface area contributed by atoms with Crippen LogP contribution in [0.25, 0.3) is 0 Å². The first-order valence-corrected chi connectivity index (χ1v) is 10.1. The van der Waals surface area contributed by atoms with Crippen LogP contribution in [0.1, 0.15) is 37.3 Å². The first kappa shape index (κ1) is 20.1.